The minimum atomic E-state index is -0.162. The molecular formula is C9H18N2O2. The molecule has 1 heterocycles. The van der Waals surface area contributed by atoms with Crippen LogP contribution in [-0.2, 0) is 9.53 Å². The summed E-state index contributed by atoms with van der Waals surface area (Å²) in [5.41, 5.74) is 5.58. The smallest absolute Gasteiger partial charge is 0.319 e. The van der Waals surface area contributed by atoms with E-state index in [9.17, 15) is 4.79 Å². The first-order chi connectivity index (χ1) is 6.17. The number of methoxy groups -OCH3 is 1. The van der Waals surface area contributed by atoms with Crippen LogP contribution >= 0.6 is 0 Å². The van der Waals surface area contributed by atoms with Crippen molar-refractivity contribution in [3.8, 4) is 0 Å². The molecule has 0 aromatic rings. The number of esters is 1. The maximum atomic E-state index is 11.0. The molecule has 4 nitrogen and oxygen atoms in total. The molecule has 76 valence electrons. The number of hydrogen-bond donors (Lipinski definition) is 1. The second-order valence-electron chi connectivity index (χ2n) is 3.69. The van der Waals surface area contributed by atoms with Crippen molar-refractivity contribution in [1.29, 1.82) is 0 Å². The van der Waals surface area contributed by atoms with Crippen LogP contribution in [0.3, 0.4) is 0 Å². The number of carbonyl (C=O) groups is 1. The molecule has 0 bridgehead atoms. The van der Waals surface area contributed by atoms with E-state index in [-0.39, 0.29) is 5.97 Å². The molecule has 0 spiro atoms. The third kappa shape index (κ3) is 2.67. The Balaban J connectivity index is 2.38. The molecular weight excluding hydrogens is 168 g/mol. The number of hydrogen-bond acceptors (Lipinski definition) is 4. The molecule has 1 fully saturated rings. The Morgan fingerprint density at radius 3 is 2.85 bits per heavy atom. The van der Waals surface area contributed by atoms with Crippen molar-refractivity contribution in [2.45, 2.75) is 19.4 Å². The highest BCUT2D eigenvalue weighted by atomic mass is 16.5. The van der Waals surface area contributed by atoms with Crippen molar-refractivity contribution in [1.82, 2.24) is 4.90 Å². The van der Waals surface area contributed by atoms with Crippen LogP contribution in [0.15, 0.2) is 0 Å². The highest BCUT2D eigenvalue weighted by molar-refractivity contribution is 5.71. The zero-order valence-corrected chi connectivity index (χ0v) is 8.32. The molecule has 0 saturated carbocycles. The van der Waals surface area contributed by atoms with Gasteiger partial charge < -0.3 is 10.5 Å². The summed E-state index contributed by atoms with van der Waals surface area (Å²) in [6.45, 7) is 4.15. The lowest BCUT2D eigenvalue weighted by Gasteiger charge is -2.18. The zero-order valence-electron chi connectivity index (χ0n) is 8.32. The molecule has 0 aromatic carbocycles. The Morgan fingerprint density at radius 2 is 2.38 bits per heavy atom. The quantitative estimate of drug-likeness (QED) is 0.622. The SMILES string of the molecule is COC(=O)CN1CC(CN)CC1C. The fraction of sp³-hybridized carbons (Fsp3) is 0.889. The standard InChI is InChI=1S/C9H18N2O2/c1-7-3-8(4-10)5-11(7)6-9(12)13-2/h7-8H,3-6,10H2,1-2H3. The van der Waals surface area contributed by atoms with Gasteiger partial charge in [0.15, 0.2) is 0 Å². The van der Waals surface area contributed by atoms with Crippen LogP contribution < -0.4 is 5.73 Å². The number of nitrogens with zero attached hydrogens (tertiary/aromatic N) is 1. The summed E-state index contributed by atoms with van der Waals surface area (Å²) < 4.78 is 4.62. The summed E-state index contributed by atoms with van der Waals surface area (Å²) >= 11 is 0. The van der Waals surface area contributed by atoms with E-state index < -0.39 is 0 Å². The lowest BCUT2D eigenvalue weighted by Crippen LogP contribution is -2.33. The Morgan fingerprint density at radius 1 is 1.69 bits per heavy atom. The zero-order chi connectivity index (χ0) is 9.84. The summed E-state index contributed by atoms with van der Waals surface area (Å²) in [7, 11) is 1.42. The van der Waals surface area contributed by atoms with Crippen molar-refractivity contribution in [3.05, 3.63) is 0 Å². The minimum Gasteiger partial charge on any atom is -0.468 e. The van der Waals surface area contributed by atoms with Gasteiger partial charge in [-0.05, 0) is 25.8 Å². The largest absolute Gasteiger partial charge is 0.468 e. The van der Waals surface area contributed by atoms with Gasteiger partial charge in [-0.25, -0.2) is 0 Å². The van der Waals surface area contributed by atoms with Crippen LogP contribution in [0, 0.1) is 5.92 Å². The summed E-state index contributed by atoms with van der Waals surface area (Å²) in [4.78, 5) is 13.1. The predicted molar refractivity (Wildman–Crippen MR) is 50.2 cm³/mol. The van der Waals surface area contributed by atoms with E-state index in [1.54, 1.807) is 0 Å². The number of rotatable bonds is 3. The third-order valence-corrected chi connectivity index (χ3v) is 2.68. The van der Waals surface area contributed by atoms with Crippen LogP contribution in [0.25, 0.3) is 0 Å². The Labute approximate surface area is 79.0 Å². The average Bonchev–Trinajstić information content (AvgIpc) is 2.47. The maximum Gasteiger partial charge on any atom is 0.319 e. The number of carbonyl (C=O) groups excluding carboxylic acids is 1. The van der Waals surface area contributed by atoms with Gasteiger partial charge in [0.1, 0.15) is 0 Å². The molecule has 2 N–H and O–H groups in total. The van der Waals surface area contributed by atoms with Gasteiger partial charge in [-0.15, -0.1) is 0 Å². The molecule has 1 aliphatic rings. The molecule has 2 unspecified atom stereocenters. The second kappa shape index (κ2) is 4.58. The molecule has 0 radical (unpaired) electrons. The third-order valence-electron chi connectivity index (χ3n) is 2.68. The first-order valence-electron chi connectivity index (χ1n) is 4.68. The van der Waals surface area contributed by atoms with Gasteiger partial charge in [0.25, 0.3) is 0 Å². The van der Waals surface area contributed by atoms with Crippen molar-refractivity contribution in [3.63, 3.8) is 0 Å². The van der Waals surface area contributed by atoms with Gasteiger partial charge in [-0.3, -0.25) is 9.69 Å². The van der Waals surface area contributed by atoms with Crippen molar-refractivity contribution < 1.29 is 9.53 Å². The van der Waals surface area contributed by atoms with Crippen molar-refractivity contribution in [2.24, 2.45) is 11.7 Å². The highest BCUT2D eigenvalue weighted by Crippen LogP contribution is 2.21. The fourth-order valence-electron chi connectivity index (χ4n) is 1.84. The lowest BCUT2D eigenvalue weighted by molar-refractivity contribution is -0.142. The van der Waals surface area contributed by atoms with Crippen LogP contribution in [0.2, 0.25) is 0 Å². The Kier molecular flexibility index (Phi) is 3.69. The normalized spacial score (nSPS) is 29.2. The number of nitrogens with two attached hydrogens (primary N) is 1. The van der Waals surface area contributed by atoms with Gasteiger partial charge in [-0.2, -0.15) is 0 Å². The van der Waals surface area contributed by atoms with Crippen LogP contribution in [-0.4, -0.2) is 43.7 Å². The molecule has 0 aromatic heterocycles. The molecule has 1 rings (SSSR count). The van der Waals surface area contributed by atoms with E-state index in [0.717, 1.165) is 13.0 Å². The summed E-state index contributed by atoms with van der Waals surface area (Å²) in [6, 6.07) is 0.452. The van der Waals surface area contributed by atoms with E-state index >= 15 is 0 Å². The topological polar surface area (TPSA) is 55.6 Å². The van der Waals surface area contributed by atoms with Crippen molar-refractivity contribution >= 4 is 5.97 Å². The summed E-state index contributed by atoms with van der Waals surface area (Å²) in [5.74, 6) is 0.379. The minimum absolute atomic E-state index is 0.162. The predicted octanol–water partition coefficient (Wildman–Crippen LogP) is -0.171. The van der Waals surface area contributed by atoms with Crippen LogP contribution in [0.5, 0.6) is 0 Å². The molecule has 2 atom stereocenters. The summed E-state index contributed by atoms with van der Waals surface area (Å²) in [5, 5.41) is 0. The van der Waals surface area contributed by atoms with E-state index in [0.29, 0.717) is 25.0 Å². The number of likely N-dealkylation sites (tertiary alicyclic amines) is 1. The van der Waals surface area contributed by atoms with E-state index in [1.165, 1.54) is 7.11 Å². The van der Waals surface area contributed by atoms with Gasteiger partial charge in [0.05, 0.1) is 13.7 Å². The molecule has 0 aliphatic carbocycles. The average molecular weight is 186 g/mol. The van der Waals surface area contributed by atoms with Gasteiger partial charge in [-0.1, -0.05) is 0 Å². The second-order valence-corrected chi connectivity index (χ2v) is 3.69. The van der Waals surface area contributed by atoms with Gasteiger partial charge >= 0.3 is 5.97 Å². The first-order valence-corrected chi connectivity index (χ1v) is 4.68. The first kappa shape index (κ1) is 10.5. The lowest BCUT2D eigenvalue weighted by atomic mass is 10.1. The monoisotopic (exact) mass is 186 g/mol. The maximum absolute atomic E-state index is 11.0. The summed E-state index contributed by atoms with van der Waals surface area (Å²) in [6.07, 6.45) is 1.09. The van der Waals surface area contributed by atoms with Gasteiger partial charge in [0, 0.05) is 12.6 Å². The Hall–Kier alpha value is -0.610. The van der Waals surface area contributed by atoms with E-state index in [2.05, 4.69) is 16.6 Å². The van der Waals surface area contributed by atoms with Crippen molar-refractivity contribution in [2.75, 3.05) is 26.7 Å². The van der Waals surface area contributed by atoms with E-state index in [1.807, 2.05) is 0 Å². The molecule has 0 amide bonds. The van der Waals surface area contributed by atoms with Crippen LogP contribution in [0.4, 0.5) is 0 Å². The van der Waals surface area contributed by atoms with E-state index in [4.69, 9.17) is 5.73 Å². The van der Waals surface area contributed by atoms with Crippen LogP contribution in [0.1, 0.15) is 13.3 Å². The fourth-order valence-corrected chi connectivity index (χ4v) is 1.84. The molecule has 4 heteroatoms. The Bertz CT molecular complexity index is 184. The highest BCUT2D eigenvalue weighted by Gasteiger charge is 2.29. The number of ether oxygens (including phenoxy) is 1. The molecule has 1 aliphatic heterocycles. The van der Waals surface area contributed by atoms with Gasteiger partial charge in [0.2, 0.25) is 0 Å². The molecule has 13 heavy (non-hydrogen) atoms. The molecule has 1 saturated heterocycles.